The molecule has 1 aliphatic rings. The summed E-state index contributed by atoms with van der Waals surface area (Å²) in [5.41, 5.74) is 3.27. The van der Waals surface area contributed by atoms with Gasteiger partial charge in [-0.2, -0.15) is 0 Å². The predicted octanol–water partition coefficient (Wildman–Crippen LogP) is 6.36. The summed E-state index contributed by atoms with van der Waals surface area (Å²) in [5.74, 6) is 1.03. The highest BCUT2D eigenvalue weighted by Gasteiger charge is 2.57. The molecule has 5 heteroatoms. The van der Waals surface area contributed by atoms with Gasteiger partial charge >= 0.3 is 0 Å². The summed E-state index contributed by atoms with van der Waals surface area (Å²) in [7, 11) is -0.329. The van der Waals surface area contributed by atoms with E-state index >= 15 is 0 Å². The number of hydrogen-bond acceptors (Lipinski definition) is 3. The molecule has 0 saturated carbocycles. The summed E-state index contributed by atoms with van der Waals surface area (Å²) in [4.78, 5) is 13.4. The molecule has 1 aliphatic heterocycles. The number of amides is 1. The number of methoxy groups -OCH3 is 1. The van der Waals surface area contributed by atoms with Crippen LogP contribution in [0.4, 0.5) is 0 Å². The maximum absolute atomic E-state index is 13.4. The molecule has 1 amide bonds. The Bertz CT molecular complexity index is 932. The van der Waals surface area contributed by atoms with E-state index < -0.39 is 8.24 Å². The number of ether oxygens (including phenoxy) is 2. The van der Waals surface area contributed by atoms with Crippen molar-refractivity contribution in [2.24, 2.45) is 5.92 Å². The number of nitrogens with zero attached hydrogens (tertiary/aromatic N) is 1. The first-order valence-corrected chi connectivity index (χ1v) is 14.3. The van der Waals surface area contributed by atoms with E-state index in [1.807, 2.05) is 30.3 Å². The van der Waals surface area contributed by atoms with Crippen molar-refractivity contribution in [1.29, 1.82) is 0 Å². The van der Waals surface area contributed by atoms with Crippen LogP contribution in [0.15, 0.2) is 66.7 Å². The van der Waals surface area contributed by atoms with Crippen LogP contribution in [0.2, 0.25) is 18.1 Å². The molecule has 0 unspecified atom stereocenters. The molecule has 172 valence electrons. The summed E-state index contributed by atoms with van der Waals surface area (Å²) in [6, 6.07) is 18.4. The van der Waals surface area contributed by atoms with Gasteiger partial charge in [-0.05, 0) is 34.7 Å². The van der Waals surface area contributed by atoms with Crippen molar-refractivity contribution < 1.29 is 14.3 Å². The molecule has 3 rings (SSSR count). The number of rotatable bonds is 9. The Balaban J connectivity index is 1.66. The van der Waals surface area contributed by atoms with Gasteiger partial charge in [-0.3, -0.25) is 4.79 Å². The van der Waals surface area contributed by atoms with E-state index in [0.29, 0.717) is 19.6 Å². The van der Waals surface area contributed by atoms with Crippen LogP contribution in [0.25, 0.3) is 0 Å². The molecule has 2 atom stereocenters. The first kappa shape index (κ1) is 24.3. The van der Waals surface area contributed by atoms with Crippen molar-refractivity contribution in [3.05, 3.63) is 77.9 Å². The number of carbonyl (C=O) groups excluding carboxylic acids is 1. The second-order valence-electron chi connectivity index (χ2n) is 10.3. The average Bonchev–Trinajstić information content (AvgIpc) is 2.75. The van der Waals surface area contributed by atoms with Crippen LogP contribution in [0.1, 0.15) is 44.4 Å². The number of carbonyl (C=O) groups is 1. The van der Waals surface area contributed by atoms with E-state index in [4.69, 9.17) is 9.47 Å². The van der Waals surface area contributed by atoms with Crippen LogP contribution in [0, 0.1) is 5.92 Å². The monoisotopic (exact) mass is 451 g/mol. The third kappa shape index (κ3) is 4.99. The summed E-state index contributed by atoms with van der Waals surface area (Å²) in [5, 5.41) is 0.0964. The minimum atomic E-state index is -1.99. The van der Waals surface area contributed by atoms with Gasteiger partial charge in [0.15, 0.2) is 8.24 Å². The lowest BCUT2D eigenvalue weighted by Gasteiger charge is -2.59. The first-order valence-electron chi connectivity index (χ1n) is 11.3. The van der Waals surface area contributed by atoms with Crippen molar-refractivity contribution >= 4 is 14.1 Å². The van der Waals surface area contributed by atoms with Crippen LogP contribution in [0.5, 0.6) is 5.75 Å². The standard InChI is InChI=1S/C27H37NO3Si/c1-20(18-31-19-21-13-15-23(30-5)16-14-21)17-24-25(22-11-9-8-10-12-22)28(26(24)29)32(6,7)27(2,3)4/h8-16,24-25H,1,17-19H2,2-7H3/t24-,25-/m0/s1. The molecule has 0 bridgehead atoms. The van der Waals surface area contributed by atoms with E-state index in [1.54, 1.807) is 7.11 Å². The fourth-order valence-corrected chi connectivity index (χ4v) is 6.63. The predicted molar refractivity (Wildman–Crippen MR) is 133 cm³/mol. The fourth-order valence-electron chi connectivity index (χ4n) is 4.17. The smallest absolute Gasteiger partial charge is 0.221 e. The third-order valence-electron chi connectivity index (χ3n) is 7.04. The molecule has 2 aromatic rings. The average molecular weight is 452 g/mol. The molecule has 0 aliphatic carbocycles. The van der Waals surface area contributed by atoms with Crippen molar-refractivity contribution in [1.82, 2.24) is 4.57 Å². The zero-order chi connectivity index (χ0) is 23.5. The third-order valence-corrected chi connectivity index (χ3v) is 12.4. The molecule has 32 heavy (non-hydrogen) atoms. The lowest BCUT2D eigenvalue weighted by atomic mass is 9.81. The Kier molecular flexibility index (Phi) is 7.31. The molecule has 0 spiro atoms. The molecule has 1 saturated heterocycles. The van der Waals surface area contributed by atoms with Gasteiger partial charge in [0.1, 0.15) is 5.75 Å². The first-order chi connectivity index (χ1) is 15.1. The Morgan fingerprint density at radius 3 is 2.25 bits per heavy atom. The zero-order valence-electron chi connectivity index (χ0n) is 20.4. The molecule has 1 fully saturated rings. The maximum atomic E-state index is 13.4. The molecule has 2 aromatic carbocycles. The summed E-state index contributed by atoms with van der Waals surface area (Å²) < 4.78 is 13.3. The Hall–Kier alpha value is -2.37. The van der Waals surface area contributed by atoms with E-state index in [2.05, 4.69) is 69.3 Å². The highest BCUT2D eigenvalue weighted by Crippen LogP contribution is 2.51. The second-order valence-corrected chi connectivity index (χ2v) is 15.4. The maximum Gasteiger partial charge on any atom is 0.221 e. The van der Waals surface area contributed by atoms with Gasteiger partial charge in [-0.15, -0.1) is 0 Å². The molecule has 1 heterocycles. The highest BCUT2D eigenvalue weighted by atomic mass is 28.3. The van der Waals surface area contributed by atoms with Crippen molar-refractivity contribution in [3.8, 4) is 5.75 Å². The van der Waals surface area contributed by atoms with Crippen LogP contribution in [0.3, 0.4) is 0 Å². The quantitative estimate of drug-likeness (QED) is 0.253. The van der Waals surface area contributed by atoms with Crippen molar-refractivity contribution in [3.63, 3.8) is 0 Å². The largest absolute Gasteiger partial charge is 0.497 e. The SMILES string of the molecule is C=C(COCc1ccc(OC)cc1)C[C@@H]1C(=O)N([Si](C)(C)C(C)(C)C)[C@H]1c1ccccc1. The van der Waals surface area contributed by atoms with Gasteiger partial charge in [0.2, 0.25) is 5.91 Å². The van der Waals surface area contributed by atoms with E-state index in [0.717, 1.165) is 16.9 Å². The minimum absolute atomic E-state index is 0.0661. The zero-order valence-corrected chi connectivity index (χ0v) is 21.4. The molecule has 0 N–H and O–H groups in total. The van der Waals surface area contributed by atoms with E-state index in [-0.39, 0.29) is 22.9 Å². The van der Waals surface area contributed by atoms with Crippen LogP contribution in [-0.4, -0.2) is 32.4 Å². The topological polar surface area (TPSA) is 38.8 Å². The van der Waals surface area contributed by atoms with Crippen LogP contribution in [-0.2, 0) is 16.1 Å². The van der Waals surface area contributed by atoms with E-state index in [1.165, 1.54) is 5.56 Å². The van der Waals surface area contributed by atoms with Gasteiger partial charge in [-0.1, -0.05) is 88.5 Å². The van der Waals surface area contributed by atoms with Crippen LogP contribution >= 0.6 is 0 Å². The van der Waals surface area contributed by atoms with Gasteiger partial charge in [-0.25, -0.2) is 0 Å². The van der Waals surface area contributed by atoms with Crippen LogP contribution < -0.4 is 4.74 Å². The van der Waals surface area contributed by atoms with Crippen molar-refractivity contribution in [2.75, 3.05) is 13.7 Å². The highest BCUT2D eigenvalue weighted by molar-refractivity contribution is 6.80. The lowest BCUT2D eigenvalue weighted by molar-refractivity contribution is -0.148. The Morgan fingerprint density at radius 2 is 1.69 bits per heavy atom. The summed E-state index contributed by atoms with van der Waals surface area (Å²) in [6.07, 6.45) is 0.659. The van der Waals surface area contributed by atoms with E-state index in [9.17, 15) is 4.79 Å². The Labute approximate surface area is 194 Å². The fraction of sp³-hybridized carbons (Fsp3) is 0.444. The summed E-state index contributed by atoms with van der Waals surface area (Å²) >= 11 is 0. The van der Waals surface area contributed by atoms with Gasteiger partial charge in [0, 0.05) is 0 Å². The van der Waals surface area contributed by atoms with Gasteiger partial charge < -0.3 is 14.0 Å². The number of benzene rings is 2. The lowest BCUT2D eigenvalue weighted by Crippen LogP contribution is -2.68. The molecular formula is C27H37NO3Si. The molecular weight excluding hydrogens is 414 g/mol. The normalized spacial score (nSPS) is 18.9. The Morgan fingerprint density at radius 1 is 1.06 bits per heavy atom. The summed E-state index contributed by atoms with van der Waals surface area (Å²) in [6.45, 7) is 16.6. The van der Waals surface area contributed by atoms with Gasteiger partial charge in [0.05, 0.1) is 32.3 Å². The molecule has 0 radical (unpaired) electrons. The van der Waals surface area contributed by atoms with Crippen molar-refractivity contribution in [2.45, 2.75) is 58.0 Å². The molecule has 0 aromatic heterocycles. The molecule has 4 nitrogen and oxygen atoms in total. The second kappa shape index (κ2) is 9.63. The number of β-lactam (4-membered cyclic amide) rings is 1. The van der Waals surface area contributed by atoms with Gasteiger partial charge in [0.25, 0.3) is 0 Å². The number of hydrogen-bond donors (Lipinski definition) is 0. The minimum Gasteiger partial charge on any atom is -0.497 e.